The summed E-state index contributed by atoms with van der Waals surface area (Å²) in [5.41, 5.74) is 6.59. The van der Waals surface area contributed by atoms with Crippen molar-refractivity contribution in [3.63, 3.8) is 0 Å². The Labute approximate surface area is 148 Å². The largest absolute Gasteiger partial charge is 0.483 e. The average molecular weight is 347 g/mol. The smallest absolute Gasteiger partial charge is 0.277 e. The van der Waals surface area contributed by atoms with Gasteiger partial charge in [-0.2, -0.15) is 5.10 Å². The Bertz CT molecular complexity index is 707. The van der Waals surface area contributed by atoms with Gasteiger partial charge >= 0.3 is 0 Å². The number of nitrogens with zero attached hydrogens (tertiary/aromatic N) is 1. The molecule has 1 amide bonds. The molecule has 1 aliphatic carbocycles. The van der Waals surface area contributed by atoms with E-state index in [-0.39, 0.29) is 12.5 Å². The van der Waals surface area contributed by atoms with Gasteiger partial charge in [-0.05, 0) is 68.9 Å². The lowest BCUT2D eigenvalue weighted by Gasteiger charge is -2.22. The summed E-state index contributed by atoms with van der Waals surface area (Å²) in [6, 6.07) is 5.28. The van der Waals surface area contributed by atoms with Crippen molar-refractivity contribution in [3.05, 3.63) is 52.6 Å². The highest BCUT2D eigenvalue weighted by molar-refractivity contribution is 6.30. The minimum atomic E-state index is -0.290. The zero-order valence-electron chi connectivity index (χ0n) is 14.4. The molecule has 0 saturated heterocycles. The average Bonchev–Trinajstić information content (AvgIpc) is 2.53. The first-order valence-electron chi connectivity index (χ1n) is 7.93. The number of rotatable bonds is 5. The van der Waals surface area contributed by atoms with Crippen LogP contribution in [0, 0.1) is 12.8 Å². The molecule has 1 unspecified atom stereocenters. The number of carbonyl (C=O) groups is 1. The SMILES string of the molecule is C=C(C)C1CC=C(C)C(=NNC(=O)COc2ccc(Cl)cc2C)C1. The van der Waals surface area contributed by atoms with Gasteiger partial charge in [-0.25, -0.2) is 5.43 Å². The molecule has 1 aromatic carbocycles. The van der Waals surface area contributed by atoms with Crippen LogP contribution in [0.2, 0.25) is 5.02 Å². The Morgan fingerprint density at radius 2 is 2.21 bits per heavy atom. The number of nitrogens with one attached hydrogen (secondary N) is 1. The highest BCUT2D eigenvalue weighted by Crippen LogP contribution is 2.26. The van der Waals surface area contributed by atoms with Gasteiger partial charge < -0.3 is 4.74 Å². The molecule has 0 bridgehead atoms. The predicted octanol–water partition coefficient (Wildman–Crippen LogP) is 4.43. The third-order valence-electron chi connectivity index (χ3n) is 4.11. The van der Waals surface area contributed by atoms with E-state index in [2.05, 4.69) is 23.2 Å². The predicted molar refractivity (Wildman–Crippen MR) is 98.6 cm³/mol. The number of amides is 1. The second-order valence-electron chi connectivity index (χ2n) is 6.16. The number of aryl methyl sites for hydroxylation is 1. The van der Waals surface area contributed by atoms with E-state index in [1.54, 1.807) is 18.2 Å². The first kappa shape index (κ1) is 18.3. The zero-order chi connectivity index (χ0) is 17.7. The molecule has 1 aromatic rings. The molecule has 4 nitrogen and oxygen atoms in total. The lowest BCUT2D eigenvalue weighted by atomic mass is 9.85. The first-order valence-corrected chi connectivity index (χ1v) is 8.31. The topological polar surface area (TPSA) is 50.7 Å². The molecule has 24 heavy (non-hydrogen) atoms. The first-order chi connectivity index (χ1) is 11.4. The Morgan fingerprint density at radius 3 is 2.88 bits per heavy atom. The number of halogens is 1. The number of carbonyl (C=O) groups excluding carboxylic acids is 1. The number of allylic oxidation sites excluding steroid dienone is 3. The van der Waals surface area contributed by atoms with E-state index in [0.717, 1.165) is 35.3 Å². The molecular formula is C19H23ClN2O2. The third kappa shape index (κ3) is 4.96. The van der Waals surface area contributed by atoms with E-state index in [9.17, 15) is 4.79 Å². The van der Waals surface area contributed by atoms with Gasteiger partial charge in [-0.3, -0.25) is 4.79 Å². The maximum Gasteiger partial charge on any atom is 0.277 e. The molecule has 1 aliphatic rings. The van der Waals surface area contributed by atoms with Crippen LogP contribution in [0.3, 0.4) is 0 Å². The molecule has 1 atom stereocenters. The van der Waals surface area contributed by atoms with Gasteiger partial charge in [0.1, 0.15) is 5.75 Å². The Balaban J connectivity index is 1.91. The van der Waals surface area contributed by atoms with E-state index >= 15 is 0 Å². The second-order valence-corrected chi connectivity index (χ2v) is 6.60. The van der Waals surface area contributed by atoms with Crippen molar-refractivity contribution in [2.45, 2.75) is 33.6 Å². The van der Waals surface area contributed by atoms with E-state index in [1.807, 2.05) is 20.8 Å². The molecule has 0 aliphatic heterocycles. The van der Waals surface area contributed by atoms with Gasteiger partial charge in [0.05, 0.1) is 5.71 Å². The fraction of sp³-hybridized carbons (Fsp3) is 0.368. The quantitative estimate of drug-likeness (QED) is 0.633. The number of benzene rings is 1. The van der Waals surface area contributed by atoms with Crippen molar-refractivity contribution in [2.24, 2.45) is 11.0 Å². The van der Waals surface area contributed by atoms with Gasteiger partial charge in [0.15, 0.2) is 6.61 Å². The molecular weight excluding hydrogens is 324 g/mol. The van der Waals surface area contributed by atoms with Crippen LogP contribution in [-0.2, 0) is 4.79 Å². The molecule has 2 rings (SSSR count). The zero-order valence-corrected chi connectivity index (χ0v) is 15.1. The van der Waals surface area contributed by atoms with Gasteiger partial charge in [0.25, 0.3) is 5.91 Å². The standard InChI is InChI=1S/C19H23ClN2O2/c1-12(2)15-6-5-13(3)17(10-15)21-22-19(23)11-24-18-8-7-16(20)9-14(18)4/h5,7-9,15H,1,6,10-11H2,2-4H3,(H,22,23). The third-order valence-corrected chi connectivity index (χ3v) is 4.35. The lowest BCUT2D eigenvalue weighted by molar-refractivity contribution is -0.123. The summed E-state index contributed by atoms with van der Waals surface area (Å²) in [5, 5.41) is 4.89. The summed E-state index contributed by atoms with van der Waals surface area (Å²) in [6.45, 7) is 9.83. The van der Waals surface area contributed by atoms with Gasteiger partial charge in [-0.1, -0.05) is 29.8 Å². The summed E-state index contributed by atoms with van der Waals surface area (Å²) in [4.78, 5) is 12.0. The molecule has 5 heteroatoms. The van der Waals surface area contributed by atoms with Crippen molar-refractivity contribution in [1.82, 2.24) is 5.43 Å². The Kier molecular flexibility index (Phi) is 6.21. The van der Waals surface area contributed by atoms with Gasteiger partial charge in [0.2, 0.25) is 0 Å². The van der Waals surface area contributed by atoms with Crippen LogP contribution in [0.5, 0.6) is 5.75 Å². The maximum absolute atomic E-state index is 12.0. The number of hydrogen-bond donors (Lipinski definition) is 1. The second kappa shape index (κ2) is 8.15. The van der Waals surface area contributed by atoms with Crippen LogP contribution in [0.25, 0.3) is 0 Å². The van der Waals surface area contributed by atoms with Gasteiger partial charge in [0, 0.05) is 5.02 Å². The van der Waals surface area contributed by atoms with E-state index < -0.39 is 0 Å². The molecule has 128 valence electrons. The van der Waals surface area contributed by atoms with Crippen molar-refractivity contribution in [3.8, 4) is 5.75 Å². The van der Waals surface area contributed by atoms with Crippen molar-refractivity contribution in [2.75, 3.05) is 6.61 Å². The normalized spacial score (nSPS) is 18.9. The molecule has 0 heterocycles. The fourth-order valence-corrected chi connectivity index (χ4v) is 2.73. The Hall–Kier alpha value is -2.07. The molecule has 0 spiro atoms. The van der Waals surface area contributed by atoms with Crippen LogP contribution >= 0.6 is 11.6 Å². The van der Waals surface area contributed by atoms with Crippen LogP contribution in [-0.4, -0.2) is 18.2 Å². The van der Waals surface area contributed by atoms with Crippen LogP contribution < -0.4 is 10.2 Å². The molecule has 0 radical (unpaired) electrons. The highest BCUT2D eigenvalue weighted by atomic mass is 35.5. The summed E-state index contributed by atoms with van der Waals surface area (Å²) in [5.74, 6) is 0.734. The molecule has 1 N–H and O–H groups in total. The highest BCUT2D eigenvalue weighted by Gasteiger charge is 2.18. The maximum atomic E-state index is 12.0. The van der Waals surface area contributed by atoms with Crippen LogP contribution in [0.1, 0.15) is 32.3 Å². The summed E-state index contributed by atoms with van der Waals surface area (Å²) in [7, 11) is 0. The fourth-order valence-electron chi connectivity index (χ4n) is 2.50. The molecule has 0 fully saturated rings. The summed E-state index contributed by atoms with van der Waals surface area (Å²) < 4.78 is 5.51. The minimum Gasteiger partial charge on any atom is -0.483 e. The van der Waals surface area contributed by atoms with Gasteiger partial charge in [-0.15, -0.1) is 0 Å². The number of hydrogen-bond acceptors (Lipinski definition) is 3. The van der Waals surface area contributed by atoms with Crippen LogP contribution in [0.4, 0.5) is 0 Å². The minimum absolute atomic E-state index is 0.0913. The van der Waals surface area contributed by atoms with Crippen LogP contribution in [0.15, 0.2) is 47.1 Å². The molecule has 0 aromatic heterocycles. The van der Waals surface area contributed by atoms with Crippen molar-refractivity contribution in [1.29, 1.82) is 0 Å². The monoisotopic (exact) mass is 346 g/mol. The summed E-state index contributed by atoms with van der Waals surface area (Å²) in [6.07, 6.45) is 3.92. The van der Waals surface area contributed by atoms with E-state index in [4.69, 9.17) is 16.3 Å². The lowest BCUT2D eigenvalue weighted by Crippen LogP contribution is -2.27. The van der Waals surface area contributed by atoms with E-state index in [1.165, 1.54) is 0 Å². The number of ether oxygens (including phenoxy) is 1. The Morgan fingerprint density at radius 1 is 1.46 bits per heavy atom. The van der Waals surface area contributed by atoms with Crippen molar-refractivity contribution >= 4 is 23.2 Å². The number of hydrazone groups is 1. The van der Waals surface area contributed by atoms with Crippen molar-refractivity contribution < 1.29 is 9.53 Å². The molecule has 0 saturated carbocycles. The van der Waals surface area contributed by atoms with E-state index in [0.29, 0.717) is 16.7 Å². The summed E-state index contributed by atoms with van der Waals surface area (Å²) >= 11 is 5.90.